The molecule has 0 spiro atoms. The minimum Gasteiger partial charge on any atom is -0.337 e. The Morgan fingerprint density at radius 2 is 2.05 bits per heavy atom. The van der Waals surface area contributed by atoms with Crippen molar-refractivity contribution in [2.75, 3.05) is 7.05 Å². The van der Waals surface area contributed by atoms with Crippen LogP contribution in [0.2, 0.25) is 0 Å². The fraction of sp³-hybridized carbons (Fsp3) is 0.333. The molecule has 0 aliphatic rings. The lowest BCUT2D eigenvalue weighted by atomic mass is 10.3. The number of sulfonamides is 1. The summed E-state index contributed by atoms with van der Waals surface area (Å²) in [6.07, 6.45) is 4.93. The first kappa shape index (κ1) is 14.6. The number of nitrogens with zero attached hydrogens (tertiary/aromatic N) is 3. The zero-order chi connectivity index (χ0) is 14.6. The fourth-order valence-electron chi connectivity index (χ4n) is 1.68. The minimum absolute atomic E-state index is 0.00608. The summed E-state index contributed by atoms with van der Waals surface area (Å²) in [7, 11) is 0.00581. The van der Waals surface area contributed by atoms with Gasteiger partial charge in [-0.25, -0.2) is 23.1 Å². The van der Waals surface area contributed by atoms with Gasteiger partial charge in [0.2, 0.25) is 0 Å². The normalized spacial score (nSPS) is 11.7. The Morgan fingerprint density at radius 1 is 1.25 bits per heavy atom. The van der Waals surface area contributed by atoms with E-state index in [1.54, 1.807) is 36.3 Å². The van der Waals surface area contributed by atoms with E-state index in [-0.39, 0.29) is 11.6 Å². The van der Waals surface area contributed by atoms with Crippen molar-refractivity contribution in [1.29, 1.82) is 0 Å². The lowest BCUT2D eigenvalue weighted by Crippen LogP contribution is -2.25. The molecule has 2 rings (SSSR count). The maximum absolute atomic E-state index is 12.1. The molecule has 0 aliphatic heterocycles. The van der Waals surface area contributed by atoms with Crippen molar-refractivity contribution >= 4 is 10.0 Å². The Morgan fingerprint density at radius 3 is 2.60 bits per heavy atom. The van der Waals surface area contributed by atoms with Gasteiger partial charge < -0.3 is 9.88 Å². The van der Waals surface area contributed by atoms with Crippen LogP contribution in [0.4, 0.5) is 0 Å². The van der Waals surface area contributed by atoms with Gasteiger partial charge >= 0.3 is 0 Å². The van der Waals surface area contributed by atoms with Crippen molar-refractivity contribution in [1.82, 2.24) is 24.6 Å². The molecule has 0 saturated carbocycles. The van der Waals surface area contributed by atoms with Crippen LogP contribution in [-0.2, 0) is 30.2 Å². The molecule has 20 heavy (non-hydrogen) atoms. The van der Waals surface area contributed by atoms with Crippen molar-refractivity contribution in [2.24, 2.45) is 7.05 Å². The van der Waals surface area contributed by atoms with E-state index in [1.807, 2.05) is 7.05 Å². The number of imidazole rings is 1. The van der Waals surface area contributed by atoms with Crippen LogP contribution < -0.4 is 10.0 Å². The number of nitrogens with one attached hydrogen (secondary N) is 2. The molecular formula is C12H17N5O2S. The van der Waals surface area contributed by atoms with E-state index < -0.39 is 10.0 Å². The van der Waals surface area contributed by atoms with Crippen molar-refractivity contribution in [3.63, 3.8) is 0 Å². The van der Waals surface area contributed by atoms with Crippen molar-refractivity contribution in [3.8, 4) is 0 Å². The molecule has 108 valence electrons. The van der Waals surface area contributed by atoms with E-state index in [2.05, 4.69) is 20.0 Å². The molecule has 2 aromatic heterocycles. The van der Waals surface area contributed by atoms with E-state index in [9.17, 15) is 8.42 Å². The molecule has 2 heterocycles. The third-order valence-electron chi connectivity index (χ3n) is 2.80. The highest BCUT2D eigenvalue weighted by Gasteiger charge is 2.16. The molecule has 0 aliphatic carbocycles. The van der Waals surface area contributed by atoms with Gasteiger partial charge in [0.25, 0.3) is 10.0 Å². The van der Waals surface area contributed by atoms with Crippen molar-refractivity contribution in [2.45, 2.75) is 18.1 Å². The quantitative estimate of drug-likeness (QED) is 0.784. The Hall–Kier alpha value is -1.77. The molecule has 0 amide bonds. The predicted octanol–water partition coefficient (Wildman–Crippen LogP) is 0.0130. The van der Waals surface area contributed by atoms with Gasteiger partial charge in [0.1, 0.15) is 5.82 Å². The van der Waals surface area contributed by atoms with E-state index in [0.29, 0.717) is 12.4 Å². The van der Waals surface area contributed by atoms with Gasteiger partial charge in [0.05, 0.1) is 6.54 Å². The van der Waals surface area contributed by atoms with Crippen LogP contribution in [0.5, 0.6) is 0 Å². The average molecular weight is 295 g/mol. The summed E-state index contributed by atoms with van der Waals surface area (Å²) in [6, 6.07) is 3.23. The first-order valence-electron chi connectivity index (χ1n) is 6.08. The van der Waals surface area contributed by atoms with E-state index in [4.69, 9.17) is 0 Å². The summed E-state index contributed by atoms with van der Waals surface area (Å²) >= 11 is 0. The fourth-order valence-corrected chi connectivity index (χ4v) is 2.58. The number of pyridine rings is 1. The number of hydrogen-bond donors (Lipinski definition) is 2. The first-order valence-corrected chi connectivity index (χ1v) is 7.56. The van der Waals surface area contributed by atoms with E-state index >= 15 is 0 Å². The van der Waals surface area contributed by atoms with Crippen molar-refractivity contribution < 1.29 is 8.42 Å². The lowest BCUT2D eigenvalue weighted by molar-refractivity contribution is 0.573. The maximum atomic E-state index is 12.1. The van der Waals surface area contributed by atoms with Crippen molar-refractivity contribution in [3.05, 3.63) is 42.1 Å². The molecule has 8 heteroatoms. The zero-order valence-corrected chi connectivity index (χ0v) is 12.2. The van der Waals surface area contributed by atoms with Crippen LogP contribution in [0.1, 0.15) is 11.4 Å². The molecule has 0 aromatic carbocycles. The van der Waals surface area contributed by atoms with Gasteiger partial charge in [-0.15, -0.1) is 0 Å². The maximum Gasteiger partial charge on any atom is 0.258 e. The molecule has 0 atom stereocenters. The summed E-state index contributed by atoms with van der Waals surface area (Å²) in [6.45, 7) is 0.778. The smallest absolute Gasteiger partial charge is 0.258 e. The second-order valence-electron chi connectivity index (χ2n) is 4.31. The highest BCUT2D eigenvalue weighted by molar-refractivity contribution is 7.89. The van der Waals surface area contributed by atoms with Gasteiger partial charge in [-0.3, -0.25) is 0 Å². The van der Waals surface area contributed by atoms with Crippen LogP contribution >= 0.6 is 0 Å². The molecule has 0 unspecified atom stereocenters. The second kappa shape index (κ2) is 6.12. The Bertz CT molecular complexity index is 663. The number of rotatable bonds is 6. The Labute approximate surface area is 118 Å². The molecule has 0 saturated heterocycles. The van der Waals surface area contributed by atoms with Gasteiger partial charge in [0, 0.05) is 32.2 Å². The molecule has 0 radical (unpaired) electrons. The van der Waals surface area contributed by atoms with Crippen LogP contribution in [0.3, 0.4) is 0 Å². The summed E-state index contributed by atoms with van der Waals surface area (Å²) < 4.78 is 28.4. The Balaban J connectivity index is 2.08. The topological polar surface area (TPSA) is 88.9 Å². The molecule has 0 bridgehead atoms. The number of hydrogen-bond acceptors (Lipinski definition) is 5. The van der Waals surface area contributed by atoms with Gasteiger partial charge in [-0.1, -0.05) is 6.07 Å². The van der Waals surface area contributed by atoms with Gasteiger partial charge in [-0.05, 0) is 18.7 Å². The third kappa shape index (κ3) is 3.41. The molecule has 7 nitrogen and oxygen atoms in total. The van der Waals surface area contributed by atoms with Gasteiger partial charge in [0.15, 0.2) is 5.03 Å². The van der Waals surface area contributed by atoms with E-state index in [1.165, 1.54) is 6.07 Å². The second-order valence-corrected chi connectivity index (χ2v) is 6.03. The zero-order valence-electron chi connectivity index (χ0n) is 11.4. The van der Waals surface area contributed by atoms with E-state index in [0.717, 1.165) is 5.56 Å². The van der Waals surface area contributed by atoms with Crippen LogP contribution in [0.15, 0.2) is 35.7 Å². The standard InChI is InChI=1S/C12H17N5O2S/c1-13-7-10-3-4-12(15-8-10)20(18,19)16-9-11-14-5-6-17(11)2/h3-6,8,13,16H,7,9H2,1-2H3. The summed E-state index contributed by atoms with van der Waals surface area (Å²) in [5.41, 5.74) is 0.926. The van der Waals surface area contributed by atoms with Gasteiger partial charge in [-0.2, -0.15) is 0 Å². The lowest BCUT2D eigenvalue weighted by Gasteiger charge is -2.07. The van der Waals surface area contributed by atoms with Crippen LogP contribution in [-0.4, -0.2) is 30.0 Å². The highest BCUT2D eigenvalue weighted by atomic mass is 32.2. The summed E-state index contributed by atoms with van der Waals surface area (Å²) in [5, 5.41) is 2.98. The minimum atomic E-state index is -3.62. The molecule has 2 N–H and O–H groups in total. The molecule has 2 aromatic rings. The summed E-state index contributed by atoms with van der Waals surface area (Å²) in [4.78, 5) is 8.03. The van der Waals surface area contributed by atoms with Crippen LogP contribution in [0.25, 0.3) is 0 Å². The molecular weight excluding hydrogens is 278 g/mol. The SMILES string of the molecule is CNCc1ccc(S(=O)(=O)NCc2nccn2C)nc1. The predicted molar refractivity (Wildman–Crippen MR) is 74.2 cm³/mol. The average Bonchev–Trinajstić information content (AvgIpc) is 2.83. The number of aromatic nitrogens is 3. The largest absolute Gasteiger partial charge is 0.337 e. The monoisotopic (exact) mass is 295 g/mol. The molecule has 0 fully saturated rings. The summed E-state index contributed by atoms with van der Waals surface area (Å²) in [5.74, 6) is 0.639. The number of aryl methyl sites for hydroxylation is 1. The first-order chi connectivity index (χ1) is 9.53. The van der Waals surface area contributed by atoms with Crippen LogP contribution in [0, 0.1) is 0 Å². The highest BCUT2D eigenvalue weighted by Crippen LogP contribution is 2.07. The third-order valence-corrected chi connectivity index (χ3v) is 4.11. The Kier molecular flexibility index (Phi) is 4.48.